The second-order valence-electron chi connectivity index (χ2n) is 4.70. The molecule has 0 spiro atoms. The molecule has 1 aromatic heterocycles. The Labute approximate surface area is 131 Å². The van der Waals surface area contributed by atoms with Gasteiger partial charge in [-0.3, -0.25) is 4.79 Å². The molecule has 1 heterocycles. The first-order chi connectivity index (χ1) is 9.36. The summed E-state index contributed by atoms with van der Waals surface area (Å²) in [7, 11) is 0. The lowest BCUT2D eigenvalue weighted by molar-refractivity contribution is 0.102. The van der Waals surface area contributed by atoms with Crippen LogP contribution in [-0.4, -0.2) is 10.9 Å². The summed E-state index contributed by atoms with van der Waals surface area (Å²) in [4.78, 5) is 16.3. The van der Waals surface area contributed by atoms with Crippen LogP contribution >= 0.6 is 27.5 Å². The van der Waals surface area contributed by atoms with Gasteiger partial charge < -0.3 is 5.32 Å². The molecule has 1 amide bonds. The third kappa shape index (κ3) is 3.38. The Morgan fingerprint density at radius 1 is 1.15 bits per heavy atom. The van der Waals surface area contributed by atoms with Crippen molar-refractivity contribution in [3.8, 4) is 0 Å². The number of nitrogens with zero attached hydrogens (tertiary/aromatic N) is 1. The molecule has 0 aliphatic rings. The van der Waals surface area contributed by atoms with E-state index in [0.29, 0.717) is 16.4 Å². The first kappa shape index (κ1) is 15.0. The van der Waals surface area contributed by atoms with Gasteiger partial charge in [0.05, 0.1) is 0 Å². The Hall–Kier alpha value is -1.39. The lowest BCUT2D eigenvalue weighted by Gasteiger charge is -2.10. The highest BCUT2D eigenvalue weighted by molar-refractivity contribution is 9.10. The van der Waals surface area contributed by atoms with Crippen molar-refractivity contribution in [1.29, 1.82) is 0 Å². The van der Waals surface area contributed by atoms with Crippen LogP contribution in [0.2, 0.25) is 5.15 Å². The summed E-state index contributed by atoms with van der Waals surface area (Å²) in [6.45, 7) is 5.77. The molecule has 0 aliphatic heterocycles. The van der Waals surface area contributed by atoms with Crippen molar-refractivity contribution in [3.05, 3.63) is 56.3 Å². The SMILES string of the molecule is Cc1cc(C(=O)Nc2cc(C)c(Br)c(C)c2)cc(Cl)n1. The highest BCUT2D eigenvalue weighted by Crippen LogP contribution is 2.25. The highest BCUT2D eigenvalue weighted by Gasteiger charge is 2.10. The zero-order chi connectivity index (χ0) is 14.9. The van der Waals surface area contributed by atoms with Crippen LogP contribution in [0.25, 0.3) is 0 Å². The Morgan fingerprint density at radius 3 is 2.30 bits per heavy atom. The fourth-order valence-corrected chi connectivity index (χ4v) is 2.46. The largest absolute Gasteiger partial charge is 0.322 e. The first-order valence-electron chi connectivity index (χ1n) is 6.09. The predicted molar refractivity (Wildman–Crippen MR) is 85.6 cm³/mol. The molecule has 3 nitrogen and oxygen atoms in total. The van der Waals surface area contributed by atoms with E-state index >= 15 is 0 Å². The van der Waals surface area contributed by atoms with Crippen LogP contribution in [0.15, 0.2) is 28.7 Å². The molecule has 0 radical (unpaired) electrons. The minimum absolute atomic E-state index is 0.196. The van der Waals surface area contributed by atoms with E-state index in [0.717, 1.165) is 21.3 Å². The van der Waals surface area contributed by atoms with Gasteiger partial charge >= 0.3 is 0 Å². The van der Waals surface area contributed by atoms with Crippen LogP contribution in [0.4, 0.5) is 5.69 Å². The lowest BCUT2D eigenvalue weighted by atomic mass is 10.1. The van der Waals surface area contributed by atoms with Gasteiger partial charge in [-0.25, -0.2) is 4.98 Å². The topological polar surface area (TPSA) is 42.0 Å². The van der Waals surface area contributed by atoms with Gasteiger partial charge in [0.1, 0.15) is 5.15 Å². The minimum atomic E-state index is -0.196. The van der Waals surface area contributed by atoms with Gasteiger partial charge in [-0.2, -0.15) is 0 Å². The van der Waals surface area contributed by atoms with Gasteiger partial charge in [0, 0.05) is 21.4 Å². The Balaban J connectivity index is 2.28. The molecule has 0 unspecified atom stereocenters. The van der Waals surface area contributed by atoms with Crippen molar-refractivity contribution in [2.45, 2.75) is 20.8 Å². The van der Waals surface area contributed by atoms with Crippen molar-refractivity contribution < 1.29 is 4.79 Å². The van der Waals surface area contributed by atoms with Crippen molar-refractivity contribution in [1.82, 2.24) is 4.98 Å². The molecule has 5 heteroatoms. The maximum absolute atomic E-state index is 12.2. The number of amides is 1. The fourth-order valence-electron chi connectivity index (χ4n) is 1.98. The van der Waals surface area contributed by atoms with E-state index in [-0.39, 0.29) is 5.91 Å². The molecular weight excluding hydrogens is 340 g/mol. The number of benzene rings is 1. The number of aryl methyl sites for hydroxylation is 3. The molecule has 0 saturated heterocycles. The third-order valence-electron chi connectivity index (χ3n) is 2.88. The van der Waals surface area contributed by atoms with Gasteiger partial charge in [0.15, 0.2) is 0 Å². The quantitative estimate of drug-likeness (QED) is 0.797. The van der Waals surface area contributed by atoms with Gasteiger partial charge in [-0.05, 0) is 56.2 Å². The van der Waals surface area contributed by atoms with Crippen LogP contribution < -0.4 is 5.32 Å². The number of nitrogens with one attached hydrogen (secondary N) is 1. The molecule has 0 saturated carbocycles. The van der Waals surface area contributed by atoms with E-state index in [1.165, 1.54) is 0 Å². The summed E-state index contributed by atoms with van der Waals surface area (Å²) in [5.41, 5.74) is 4.12. The average Bonchev–Trinajstić information content (AvgIpc) is 2.34. The van der Waals surface area contributed by atoms with Gasteiger partial charge in [-0.15, -0.1) is 0 Å². The second-order valence-corrected chi connectivity index (χ2v) is 5.88. The molecule has 0 fully saturated rings. The number of halogens is 2. The van der Waals surface area contributed by atoms with Gasteiger partial charge in [0.25, 0.3) is 5.91 Å². The Morgan fingerprint density at radius 2 is 1.75 bits per heavy atom. The number of rotatable bonds is 2. The van der Waals surface area contributed by atoms with Gasteiger partial charge in [-0.1, -0.05) is 27.5 Å². The van der Waals surface area contributed by atoms with E-state index in [1.54, 1.807) is 19.1 Å². The van der Waals surface area contributed by atoms with Crippen molar-refractivity contribution in [2.24, 2.45) is 0 Å². The molecule has 104 valence electrons. The summed E-state index contributed by atoms with van der Waals surface area (Å²) in [5.74, 6) is -0.196. The van der Waals surface area contributed by atoms with Crippen molar-refractivity contribution in [2.75, 3.05) is 5.32 Å². The lowest BCUT2D eigenvalue weighted by Crippen LogP contribution is -2.12. The summed E-state index contributed by atoms with van der Waals surface area (Å²) in [5, 5.41) is 3.19. The molecule has 2 aromatic rings. The normalized spacial score (nSPS) is 10.4. The van der Waals surface area contributed by atoms with E-state index in [9.17, 15) is 4.79 Å². The molecule has 1 aromatic carbocycles. The number of carbonyl (C=O) groups is 1. The summed E-state index contributed by atoms with van der Waals surface area (Å²) >= 11 is 9.38. The number of pyridine rings is 1. The third-order valence-corrected chi connectivity index (χ3v) is 4.32. The first-order valence-corrected chi connectivity index (χ1v) is 7.26. The summed E-state index contributed by atoms with van der Waals surface area (Å²) in [6.07, 6.45) is 0. The molecule has 2 rings (SSSR count). The van der Waals surface area contributed by atoms with E-state index in [4.69, 9.17) is 11.6 Å². The second kappa shape index (κ2) is 5.94. The highest BCUT2D eigenvalue weighted by atomic mass is 79.9. The molecule has 0 aliphatic carbocycles. The van der Waals surface area contributed by atoms with Crippen LogP contribution in [0.5, 0.6) is 0 Å². The fraction of sp³-hybridized carbons (Fsp3) is 0.200. The molecule has 1 N–H and O–H groups in total. The number of anilines is 1. The zero-order valence-electron chi connectivity index (χ0n) is 11.4. The number of aromatic nitrogens is 1. The summed E-state index contributed by atoms with van der Waals surface area (Å²) < 4.78 is 1.05. The number of carbonyl (C=O) groups excluding carboxylic acids is 1. The van der Waals surface area contributed by atoms with E-state index < -0.39 is 0 Å². The molecule has 0 bridgehead atoms. The standard InChI is InChI=1S/C15H14BrClN2O/c1-8-4-12(5-9(2)14(8)16)19-15(20)11-6-10(3)18-13(17)7-11/h4-7H,1-3H3,(H,19,20). The average molecular weight is 354 g/mol. The van der Waals surface area contributed by atoms with Crippen LogP contribution in [0, 0.1) is 20.8 Å². The summed E-state index contributed by atoms with van der Waals surface area (Å²) in [6, 6.07) is 7.11. The van der Waals surface area contributed by atoms with Crippen LogP contribution in [0.1, 0.15) is 27.2 Å². The maximum atomic E-state index is 12.2. The van der Waals surface area contributed by atoms with Crippen LogP contribution in [0.3, 0.4) is 0 Å². The van der Waals surface area contributed by atoms with E-state index in [2.05, 4.69) is 26.2 Å². The van der Waals surface area contributed by atoms with Crippen LogP contribution in [-0.2, 0) is 0 Å². The monoisotopic (exact) mass is 352 g/mol. The Kier molecular flexibility index (Phi) is 4.45. The molecule has 0 atom stereocenters. The predicted octanol–water partition coefficient (Wildman–Crippen LogP) is 4.68. The number of hydrogen-bond acceptors (Lipinski definition) is 2. The Bertz CT molecular complexity index is 642. The molecule has 20 heavy (non-hydrogen) atoms. The van der Waals surface area contributed by atoms with Crippen molar-refractivity contribution >= 4 is 39.1 Å². The van der Waals surface area contributed by atoms with Gasteiger partial charge in [0.2, 0.25) is 0 Å². The zero-order valence-corrected chi connectivity index (χ0v) is 13.8. The molecular formula is C15H14BrClN2O. The number of hydrogen-bond donors (Lipinski definition) is 1. The minimum Gasteiger partial charge on any atom is -0.322 e. The van der Waals surface area contributed by atoms with E-state index in [1.807, 2.05) is 26.0 Å². The maximum Gasteiger partial charge on any atom is 0.255 e. The smallest absolute Gasteiger partial charge is 0.255 e. The van der Waals surface area contributed by atoms with Crippen molar-refractivity contribution in [3.63, 3.8) is 0 Å².